The highest BCUT2D eigenvalue weighted by Crippen LogP contribution is 2.22. The van der Waals surface area contributed by atoms with Crippen molar-refractivity contribution < 1.29 is 14.6 Å². The Morgan fingerprint density at radius 1 is 1.00 bits per heavy atom. The van der Waals surface area contributed by atoms with Crippen molar-refractivity contribution in [1.29, 1.82) is 0 Å². The topological polar surface area (TPSA) is 38.7 Å². The van der Waals surface area contributed by atoms with Gasteiger partial charge in [-0.3, -0.25) is 0 Å². The maximum absolute atomic E-state index is 9.55. The van der Waals surface area contributed by atoms with Gasteiger partial charge in [0.25, 0.3) is 0 Å². The largest absolute Gasteiger partial charge is 0.467 e. The van der Waals surface area contributed by atoms with Crippen LogP contribution >= 0.6 is 8.58 Å². The fourth-order valence-electron chi connectivity index (χ4n) is 2.42. The van der Waals surface area contributed by atoms with E-state index in [-0.39, 0.29) is 13.4 Å². The predicted molar refractivity (Wildman–Crippen MR) is 102 cm³/mol. The van der Waals surface area contributed by atoms with E-state index < -0.39 is 8.07 Å². The molecule has 0 saturated carbocycles. The molecule has 1 atom stereocenters. The van der Waals surface area contributed by atoms with Crippen LogP contribution in [-0.2, 0) is 11.3 Å². The Morgan fingerprint density at radius 2 is 1.70 bits per heavy atom. The van der Waals surface area contributed by atoms with Gasteiger partial charge < -0.3 is 14.6 Å². The van der Waals surface area contributed by atoms with E-state index in [0.29, 0.717) is 8.58 Å². The lowest BCUT2D eigenvalue weighted by atomic mass is 10.2. The maximum Gasteiger partial charge on any atom is 0.188 e. The summed E-state index contributed by atoms with van der Waals surface area (Å²) in [4.78, 5) is 0. The number of hydrogen-bond acceptors (Lipinski definition) is 3. The van der Waals surface area contributed by atoms with Crippen LogP contribution in [0.3, 0.4) is 0 Å². The summed E-state index contributed by atoms with van der Waals surface area (Å²) in [5, 5.41) is 13.2. The van der Waals surface area contributed by atoms with Gasteiger partial charge in [0.05, 0.1) is 14.7 Å². The Labute approximate surface area is 141 Å². The Kier molecular flexibility index (Phi) is 6.37. The second-order valence-electron chi connectivity index (χ2n) is 6.42. The minimum Gasteiger partial charge on any atom is -0.467 e. The second kappa shape index (κ2) is 8.07. The molecule has 0 bridgehead atoms. The van der Waals surface area contributed by atoms with Crippen molar-refractivity contribution in [1.82, 2.24) is 0 Å². The van der Waals surface area contributed by atoms with Crippen LogP contribution in [-0.4, -0.2) is 27.1 Å². The van der Waals surface area contributed by atoms with E-state index in [0.717, 1.165) is 16.6 Å². The number of ether oxygens (including phenoxy) is 2. The summed E-state index contributed by atoms with van der Waals surface area (Å²) in [5.74, 6) is 0.958. The zero-order chi connectivity index (χ0) is 16.9. The summed E-state index contributed by atoms with van der Waals surface area (Å²) in [7, 11) is 0.565. The van der Waals surface area contributed by atoms with E-state index in [4.69, 9.17) is 9.47 Å². The van der Waals surface area contributed by atoms with Gasteiger partial charge in [-0.1, -0.05) is 70.7 Å². The van der Waals surface area contributed by atoms with Gasteiger partial charge >= 0.3 is 0 Å². The molecule has 0 aromatic heterocycles. The minimum absolute atomic E-state index is 0.0607. The molecule has 2 aromatic carbocycles. The molecular weight excluding hydrogens is 323 g/mol. The molecule has 1 N–H and O–H groups in total. The highest BCUT2D eigenvalue weighted by molar-refractivity contribution is 7.56. The summed E-state index contributed by atoms with van der Waals surface area (Å²) in [6, 6.07) is 14.4. The molecule has 1 unspecified atom stereocenters. The van der Waals surface area contributed by atoms with Crippen LogP contribution in [0.5, 0.6) is 5.75 Å². The minimum atomic E-state index is -1.52. The first-order valence-corrected chi connectivity index (χ1v) is 12.2. The number of rotatable bonds is 7. The Morgan fingerprint density at radius 3 is 2.35 bits per heavy atom. The summed E-state index contributed by atoms with van der Waals surface area (Å²) in [6.07, 6.45) is 0. The fraction of sp³-hybridized carbons (Fsp3) is 0.333. The Hall–Kier alpha value is -1.19. The molecule has 0 heterocycles. The highest BCUT2D eigenvalue weighted by Gasteiger charge is 2.23. The molecule has 2 aromatic rings. The smallest absolute Gasteiger partial charge is 0.188 e. The highest BCUT2D eigenvalue weighted by atomic mass is 31.1. The fourth-order valence-corrected chi connectivity index (χ4v) is 5.33. The molecule has 0 spiro atoms. The van der Waals surface area contributed by atoms with E-state index in [1.54, 1.807) is 7.11 Å². The molecule has 0 radical (unpaired) electrons. The zero-order valence-electron chi connectivity index (χ0n) is 14.2. The number of methoxy groups -OCH3 is 1. The first-order valence-electron chi connectivity index (χ1n) is 7.68. The van der Waals surface area contributed by atoms with Gasteiger partial charge in [0.15, 0.2) is 6.79 Å². The average Bonchev–Trinajstić information content (AvgIpc) is 2.53. The second-order valence-corrected chi connectivity index (χ2v) is 12.8. The number of para-hydroxylation sites is 1. The van der Waals surface area contributed by atoms with Gasteiger partial charge in [-0.05, 0) is 16.1 Å². The van der Waals surface area contributed by atoms with Crippen LogP contribution in [0, 0.1) is 0 Å². The van der Waals surface area contributed by atoms with Crippen LogP contribution in [0.1, 0.15) is 5.56 Å². The monoisotopic (exact) mass is 348 g/mol. The SMILES string of the molecule is COCOc1c(Pc2ccccc2CO)cccc1[Si](C)(C)C. The van der Waals surface area contributed by atoms with Gasteiger partial charge in [-0.15, -0.1) is 0 Å². The van der Waals surface area contributed by atoms with Gasteiger partial charge in [-0.2, -0.15) is 0 Å². The molecule has 0 aliphatic heterocycles. The van der Waals surface area contributed by atoms with Gasteiger partial charge in [0, 0.05) is 12.4 Å². The number of aliphatic hydroxyl groups excluding tert-OH is 1. The molecular formula is C18H25O3PSi. The summed E-state index contributed by atoms with van der Waals surface area (Å²) >= 11 is 0. The van der Waals surface area contributed by atoms with Crippen molar-refractivity contribution in [2.75, 3.05) is 13.9 Å². The first kappa shape index (κ1) is 18.1. The van der Waals surface area contributed by atoms with Gasteiger partial charge in [-0.25, -0.2) is 0 Å². The molecule has 3 nitrogen and oxygen atoms in total. The van der Waals surface area contributed by atoms with Crippen LogP contribution in [0.15, 0.2) is 42.5 Å². The van der Waals surface area contributed by atoms with Crippen molar-refractivity contribution in [3.8, 4) is 5.75 Å². The summed E-state index contributed by atoms with van der Waals surface area (Å²) in [6.45, 7) is 7.26. The third kappa shape index (κ3) is 4.64. The zero-order valence-corrected chi connectivity index (χ0v) is 16.2. The van der Waals surface area contributed by atoms with Crippen molar-refractivity contribution in [2.45, 2.75) is 26.2 Å². The maximum atomic E-state index is 9.55. The molecule has 0 aliphatic rings. The predicted octanol–water partition coefficient (Wildman–Crippen LogP) is 2.34. The molecule has 0 amide bonds. The van der Waals surface area contributed by atoms with Crippen LogP contribution in [0.25, 0.3) is 0 Å². The van der Waals surface area contributed by atoms with Crippen molar-refractivity contribution in [3.05, 3.63) is 48.0 Å². The lowest BCUT2D eigenvalue weighted by Crippen LogP contribution is -2.40. The lowest BCUT2D eigenvalue weighted by molar-refractivity contribution is 0.0526. The van der Waals surface area contributed by atoms with Gasteiger partial charge in [0.2, 0.25) is 0 Å². The molecule has 23 heavy (non-hydrogen) atoms. The molecule has 2 rings (SSSR count). The number of hydrogen-bond donors (Lipinski definition) is 1. The van der Waals surface area contributed by atoms with Crippen LogP contribution in [0.4, 0.5) is 0 Å². The summed E-state index contributed by atoms with van der Waals surface area (Å²) < 4.78 is 11.1. The standard InChI is InChI=1S/C18H25O3PSi/c1-20-13-21-18-16(10-7-11-17(18)23(2,3)4)22-15-9-6-5-8-14(15)12-19/h5-11,19,22H,12-13H2,1-4H3. The summed E-state index contributed by atoms with van der Waals surface area (Å²) in [5.41, 5.74) is 0.974. The van der Waals surface area contributed by atoms with E-state index in [2.05, 4.69) is 43.9 Å². The third-order valence-electron chi connectivity index (χ3n) is 3.60. The molecule has 5 heteroatoms. The van der Waals surface area contributed by atoms with Crippen LogP contribution in [0.2, 0.25) is 19.6 Å². The van der Waals surface area contributed by atoms with Crippen molar-refractivity contribution >= 4 is 32.5 Å². The van der Waals surface area contributed by atoms with E-state index >= 15 is 0 Å². The van der Waals surface area contributed by atoms with E-state index in [9.17, 15) is 5.11 Å². The number of benzene rings is 2. The normalized spacial score (nSPS) is 12.0. The van der Waals surface area contributed by atoms with Crippen molar-refractivity contribution in [2.24, 2.45) is 0 Å². The van der Waals surface area contributed by atoms with E-state index in [1.165, 1.54) is 10.5 Å². The van der Waals surface area contributed by atoms with Crippen molar-refractivity contribution in [3.63, 3.8) is 0 Å². The Bertz CT molecular complexity index is 653. The average molecular weight is 348 g/mol. The van der Waals surface area contributed by atoms with Gasteiger partial charge in [0.1, 0.15) is 5.75 Å². The van der Waals surface area contributed by atoms with E-state index in [1.807, 2.05) is 18.2 Å². The lowest BCUT2D eigenvalue weighted by Gasteiger charge is -2.23. The van der Waals surface area contributed by atoms with Crippen LogP contribution < -0.4 is 20.5 Å². The first-order chi connectivity index (χ1) is 11.0. The molecule has 0 saturated heterocycles. The molecule has 124 valence electrons. The molecule has 0 aliphatic carbocycles. The number of aliphatic hydroxyl groups is 1. The third-order valence-corrected chi connectivity index (χ3v) is 7.03. The Balaban J connectivity index is 2.44. The quantitative estimate of drug-likeness (QED) is 0.474. The molecule has 0 fully saturated rings.